The lowest BCUT2D eigenvalue weighted by Crippen LogP contribution is -2.35. The summed E-state index contributed by atoms with van der Waals surface area (Å²) in [5.41, 5.74) is 1.57. The Balaban J connectivity index is 1.24. The number of rotatable bonds is 6. The molecule has 1 aliphatic heterocycles. The average molecular weight is 397 g/mol. The van der Waals surface area contributed by atoms with Crippen molar-refractivity contribution in [3.63, 3.8) is 0 Å². The molecule has 1 aliphatic carbocycles. The Hall–Kier alpha value is -2.90. The number of hydrogen-bond donors (Lipinski definition) is 2. The van der Waals surface area contributed by atoms with E-state index in [-0.39, 0.29) is 17.6 Å². The number of pyridine rings is 1. The molecule has 1 saturated heterocycles. The normalized spacial score (nSPS) is 22.0. The molecule has 2 fully saturated rings. The number of carbonyl (C=O) groups is 2. The minimum absolute atomic E-state index is 0.180. The van der Waals surface area contributed by atoms with Crippen molar-refractivity contribution in [3.05, 3.63) is 35.9 Å². The number of nitrogens with one attached hydrogen (secondary N) is 2. The van der Waals surface area contributed by atoms with Gasteiger partial charge in [-0.05, 0) is 57.1 Å². The van der Waals surface area contributed by atoms with Gasteiger partial charge in [-0.15, -0.1) is 0 Å². The Morgan fingerprint density at radius 1 is 1.31 bits per heavy atom. The molecule has 8 nitrogen and oxygen atoms in total. The van der Waals surface area contributed by atoms with Crippen molar-refractivity contribution in [2.75, 3.05) is 23.3 Å². The van der Waals surface area contributed by atoms with Gasteiger partial charge in [0.1, 0.15) is 5.82 Å². The minimum atomic E-state index is -0.216. The fourth-order valence-corrected chi connectivity index (χ4v) is 4.11. The molecule has 2 aliphatic rings. The van der Waals surface area contributed by atoms with E-state index < -0.39 is 0 Å². The Morgan fingerprint density at radius 3 is 2.93 bits per heavy atom. The first-order valence-electron chi connectivity index (χ1n) is 10.3. The van der Waals surface area contributed by atoms with Gasteiger partial charge in [0.25, 0.3) is 5.91 Å². The van der Waals surface area contributed by atoms with Crippen molar-refractivity contribution in [2.45, 2.75) is 51.5 Å². The van der Waals surface area contributed by atoms with Crippen LogP contribution in [0, 0.1) is 12.8 Å². The Labute approximate surface area is 170 Å². The van der Waals surface area contributed by atoms with Crippen LogP contribution in [0.2, 0.25) is 0 Å². The lowest BCUT2D eigenvalue weighted by atomic mass is 10.1. The van der Waals surface area contributed by atoms with Crippen LogP contribution in [-0.2, 0) is 4.79 Å². The van der Waals surface area contributed by atoms with Gasteiger partial charge >= 0.3 is 0 Å². The predicted octanol–water partition coefficient (Wildman–Crippen LogP) is 2.91. The molecule has 0 unspecified atom stereocenters. The van der Waals surface area contributed by atoms with E-state index in [1.54, 1.807) is 19.2 Å². The van der Waals surface area contributed by atoms with Gasteiger partial charge in [0, 0.05) is 31.6 Å². The molecule has 2 aromatic heterocycles. The maximum atomic E-state index is 12.1. The van der Waals surface area contributed by atoms with E-state index in [4.69, 9.17) is 4.52 Å². The van der Waals surface area contributed by atoms with Crippen molar-refractivity contribution >= 4 is 23.3 Å². The molecule has 0 radical (unpaired) electrons. The third kappa shape index (κ3) is 4.75. The molecule has 0 bridgehead atoms. The van der Waals surface area contributed by atoms with E-state index >= 15 is 0 Å². The summed E-state index contributed by atoms with van der Waals surface area (Å²) in [6.45, 7) is 3.19. The van der Waals surface area contributed by atoms with Crippen molar-refractivity contribution in [1.29, 1.82) is 0 Å². The molecule has 0 aromatic carbocycles. The number of carbonyl (C=O) groups excluding carboxylic acids is 2. The van der Waals surface area contributed by atoms with Gasteiger partial charge in [0.15, 0.2) is 0 Å². The van der Waals surface area contributed by atoms with Crippen LogP contribution < -0.4 is 15.5 Å². The molecule has 3 heterocycles. The highest BCUT2D eigenvalue weighted by Gasteiger charge is 2.26. The molecular weight excluding hydrogens is 370 g/mol. The van der Waals surface area contributed by atoms with Crippen LogP contribution in [0.4, 0.5) is 11.5 Å². The van der Waals surface area contributed by atoms with Crippen LogP contribution in [-0.4, -0.2) is 41.1 Å². The van der Waals surface area contributed by atoms with Gasteiger partial charge in [-0.25, -0.2) is 4.98 Å². The third-order valence-corrected chi connectivity index (χ3v) is 5.68. The van der Waals surface area contributed by atoms with Gasteiger partial charge in [-0.2, -0.15) is 0 Å². The molecule has 2 atom stereocenters. The summed E-state index contributed by atoms with van der Waals surface area (Å²) in [6, 6.07) is 5.88. The molecule has 4 rings (SSSR count). The highest BCUT2D eigenvalue weighted by molar-refractivity contribution is 5.93. The molecule has 2 N–H and O–H groups in total. The van der Waals surface area contributed by atoms with E-state index in [2.05, 4.69) is 20.8 Å². The van der Waals surface area contributed by atoms with Crippen LogP contribution in [0.1, 0.15) is 54.8 Å². The molecule has 154 valence electrons. The van der Waals surface area contributed by atoms with Crippen molar-refractivity contribution < 1.29 is 14.1 Å². The number of piperidine rings is 1. The SMILES string of the molecule is Cc1cc(C(=O)NC[C@H]2CC[C@@H](Nc3ccc(N4CCCCC4=O)cn3)C2)on1. The van der Waals surface area contributed by atoms with Crippen molar-refractivity contribution in [2.24, 2.45) is 5.92 Å². The number of nitrogens with zero attached hydrogens (tertiary/aromatic N) is 3. The summed E-state index contributed by atoms with van der Waals surface area (Å²) < 4.78 is 4.99. The zero-order chi connectivity index (χ0) is 20.2. The smallest absolute Gasteiger partial charge is 0.289 e. The van der Waals surface area contributed by atoms with E-state index in [1.165, 1.54) is 0 Å². The average Bonchev–Trinajstić information content (AvgIpc) is 3.36. The maximum absolute atomic E-state index is 12.1. The molecular formula is C21H27N5O3. The third-order valence-electron chi connectivity index (χ3n) is 5.68. The van der Waals surface area contributed by atoms with Gasteiger partial charge in [0.2, 0.25) is 11.7 Å². The zero-order valence-electron chi connectivity index (χ0n) is 16.7. The lowest BCUT2D eigenvalue weighted by Gasteiger charge is -2.26. The van der Waals surface area contributed by atoms with Crippen LogP contribution >= 0.6 is 0 Å². The first kappa shape index (κ1) is 19.4. The first-order chi connectivity index (χ1) is 14.1. The van der Waals surface area contributed by atoms with Crippen LogP contribution in [0.5, 0.6) is 0 Å². The molecule has 2 amide bonds. The van der Waals surface area contributed by atoms with E-state index in [9.17, 15) is 9.59 Å². The number of aromatic nitrogens is 2. The number of anilines is 2. The summed E-state index contributed by atoms with van der Waals surface area (Å²) in [5, 5.41) is 10.2. The summed E-state index contributed by atoms with van der Waals surface area (Å²) in [4.78, 5) is 30.4. The second-order valence-electron chi connectivity index (χ2n) is 7.97. The first-order valence-corrected chi connectivity index (χ1v) is 10.3. The molecule has 29 heavy (non-hydrogen) atoms. The van der Waals surface area contributed by atoms with Gasteiger partial charge in [-0.1, -0.05) is 5.16 Å². The van der Waals surface area contributed by atoms with Gasteiger partial charge in [-0.3, -0.25) is 9.59 Å². The highest BCUT2D eigenvalue weighted by Crippen LogP contribution is 2.28. The quantitative estimate of drug-likeness (QED) is 0.777. The fraction of sp³-hybridized carbons (Fsp3) is 0.524. The minimum Gasteiger partial charge on any atom is -0.367 e. The summed E-state index contributed by atoms with van der Waals surface area (Å²) in [7, 11) is 0. The van der Waals surface area contributed by atoms with Gasteiger partial charge in [0.05, 0.1) is 17.6 Å². The van der Waals surface area contributed by atoms with E-state index in [0.29, 0.717) is 30.6 Å². The largest absolute Gasteiger partial charge is 0.367 e. The predicted molar refractivity (Wildman–Crippen MR) is 109 cm³/mol. The van der Waals surface area contributed by atoms with E-state index in [1.807, 2.05) is 17.0 Å². The Morgan fingerprint density at radius 2 is 2.21 bits per heavy atom. The summed E-state index contributed by atoms with van der Waals surface area (Å²) >= 11 is 0. The molecule has 1 saturated carbocycles. The standard InChI is InChI=1S/C21H27N5O3/c1-14-10-18(29-25-14)21(28)23-12-15-5-6-16(11-15)24-19-8-7-17(13-22-19)26-9-3-2-4-20(26)27/h7-8,10,13,15-16H,2-6,9,11-12H2,1H3,(H,22,24)(H,23,28)/t15-,16+/m0/s1. The molecule has 0 spiro atoms. The van der Waals surface area contributed by atoms with Crippen molar-refractivity contribution in [1.82, 2.24) is 15.5 Å². The second-order valence-corrected chi connectivity index (χ2v) is 7.97. The number of amides is 2. The lowest BCUT2D eigenvalue weighted by molar-refractivity contribution is -0.119. The Kier molecular flexibility index (Phi) is 5.78. The van der Waals surface area contributed by atoms with Crippen LogP contribution in [0.3, 0.4) is 0 Å². The highest BCUT2D eigenvalue weighted by atomic mass is 16.5. The topological polar surface area (TPSA) is 100 Å². The number of hydrogen-bond acceptors (Lipinski definition) is 6. The monoisotopic (exact) mass is 397 g/mol. The summed E-state index contributed by atoms with van der Waals surface area (Å²) in [5.74, 6) is 1.47. The van der Waals surface area contributed by atoms with Gasteiger partial charge < -0.3 is 20.1 Å². The van der Waals surface area contributed by atoms with E-state index in [0.717, 1.165) is 50.2 Å². The molecule has 8 heteroatoms. The summed E-state index contributed by atoms with van der Waals surface area (Å²) in [6.07, 6.45) is 7.48. The number of aryl methyl sites for hydroxylation is 1. The van der Waals surface area contributed by atoms with Crippen molar-refractivity contribution in [3.8, 4) is 0 Å². The fourth-order valence-electron chi connectivity index (χ4n) is 4.11. The van der Waals surface area contributed by atoms with Crippen LogP contribution in [0.15, 0.2) is 28.9 Å². The Bertz CT molecular complexity index is 863. The van der Waals surface area contributed by atoms with Crippen LogP contribution in [0.25, 0.3) is 0 Å². The maximum Gasteiger partial charge on any atom is 0.289 e. The molecule has 2 aromatic rings. The zero-order valence-corrected chi connectivity index (χ0v) is 16.7. The second kappa shape index (κ2) is 8.63.